The molecule has 12 nitrogen and oxygen atoms in total. The lowest BCUT2D eigenvalue weighted by Crippen LogP contribution is -2.39. The Kier molecular flexibility index (Phi) is 5.64. The number of nitro benzene ring substituents is 1. The van der Waals surface area contributed by atoms with Gasteiger partial charge in [-0.3, -0.25) is 19.5 Å². The Bertz CT molecular complexity index is 1740. The lowest BCUT2D eigenvalue weighted by molar-refractivity contribution is -0.385. The fourth-order valence-corrected chi connectivity index (χ4v) is 5.59. The number of allylic oxidation sites excluding steroid dienone is 1. The van der Waals surface area contributed by atoms with Gasteiger partial charge in [0.2, 0.25) is 13.6 Å². The number of rotatable bonds is 5. The van der Waals surface area contributed by atoms with Gasteiger partial charge in [0, 0.05) is 0 Å². The maximum Gasteiger partial charge on any atom is 0.338 e. The molecule has 2 aromatic carbocycles. The van der Waals surface area contributed by atoms with E-state index >= 15 is 0 Å². The molecule has 1 atom stereocenters. The van der Waals surface area contributed by atoms with E-state index in [0.29, 0.717) is 33.3 Å². The van der Waals surface area contributed by atoms with Crippen LogP contribution < -0.4 is 33.8 Å². The van der Waals surface area contributed by atoms with Crippen LogP contribution in [0, 0.1) is 10.1 Å². The lowest BCUT2D eigenvalue weighted by Gasteiger charge is -2.24. The Morgan fingerprint density at radius 2 is 1.84 bits per heavy atom. The maximum absolute atomic E-state index is 13.8. The van der Waals surface area contributed by atoms with Crippen molar-refractivity contribution in [1.82, 2.24) is 4.57 Å². The zero-order chi connectivity index (χ0) is 26.6. The molecule has 3 aromatic rings. The predicted molar refractivity (Wildman–Crippen MR) is 132 cm³/mol. The number of fused-ring (bicyclic) bond motifs is 3. The van der Waals surface area contributed by atoms with E-state index in [1.165, 1.54) is 22.8 Å². The number of hydrogen-bond acceptors (Lipinski definition) is 11. The van der Waals surface area contributed by atoms with Crippen molar-refractivity contribution in [3.63, 3.8) is 0 Å². The highest BCUT2D eigenvalue weighted by atomic mass is 32.1. The van der Waals surface area contributed by atoms with E-state index < -0.39 is 22.5 Å². The molecule has 6 rings (SSSR count). The van der Waals surface area contributed by atoms with Crippen LogP contribution in [-0.2, 0) is 9.53 Å². The molecule has 0 radical (unpaired) electrons. The first-order valence-electron chi connectivity index (χ1n) is 11.5. The van der Waals surface area contributed by atoms with Crippen LogP contribution in [0.4, 0.5) is 5.69 Å². The highest BCUT2D eigenvalue weighted by molar-refractivity contribution is 7.07. The van der Waals surface area contributed by atoms with Gasteiger partial charge in [-0.25, -0.2) is 9.79 Å². The second kappa shape index (κ2) is 9.03. The van der Waals surface area contributed by atoms with Gasteiger partial charge in [-0.2, -0.15) is 0 Å². The summed E-state index contributed by atoms with van der Waals surface area (Å²) in [6, 6.07) is 7.03. The molecule has 0 saturated heterocycles. The number of aromatic nitrogens is 1. The monoisotopic (exact) mass is 537 g/mol. The second-order valence-corrected chi connectivity index (χ2v) is 9.45. The molecule has 0 unspecified atom stereocenters. The minimum atomic E-state index is -0.867. The predicted octanol–water partition coefficient (Wildman–Crippen LogP) is 2.16. The van der Waals surface area contributed by atoms with Crippen molar-refractivity contribution in [3.8, 4) is 23.0 Å². The second-order valence-electron chi connectivity index (χ2n) is 8.44. The van der Waals surface area contributed by atoms with Gasteiger partial charge < -0.3 is 23.7 Å². The minimum absolute atomic E-state index is 0.0520. The number of esters is 1. The van der Waals surface area contributed by atoms with Crippen LogP contribution in [0.25, 0.3) is 6.08 Å². The molecule has 194 valence electrons. The topological polar surface area (TPSA) is 141 Å². The number of ether oxygens (including phenoxy) is 5. The highest BCUT2D eigenvalue weighted by Gasteiger charge is 2.34. The molecule has 0 N–H and O–H groups in total. The minimum Gasteiger partial charge on any atom is -0.463 e. The summed E-state index contributed by atoms with van der Waals surface area (Å²) in [4.78, 5) is 42.9. The van der Waals surface area contributed by atoms with E-state index in [4.69, 9.17) is 23.7 Å². The quantitative estimate of drug-likeness (QED) is 0.272. The summed E-state index contributed by atoms with van der Waals surface area (Å²) >= 11 is 1.06. The largest absolute Gasteiger partial charge is 0.463 e. The van der Waals surface area contributed by atoms with Crippen molar-refractivity contribution >= 4 is 29.1 Å². The average Bonchev–Trinajstić information content (AvgIpc) is 3.61. The van der Waals surface area contributed by atoms with Gasteiger partial charge in [-0.1, -0.05) is 17.4 Å². The smallest absolute Gasteiger partial charge is 0.338 e. The Morgan fingerprint density at radius 3 is 2.55 bits per heavy atom. The average molecular weight is 538 g/mol. The van der Waals surface area contributed by atoms with Crippen molar-refractivity contribution in [2.24, 2.45) is 4.99 Å². The molecule has 0 fully saturated rings. The zero-order valence-electron chi connectivity index (χ0n) is 20.1. The summed E-state index contributed by atoms with van der Waals surface area (Å²) in [5.74, 6) is 1.03. The molecule has 0 aliphatic carbocycles. The number of carbonyl (C=O) groups excluding carboxylic acids is 1. The first-order chi connectivity index (χ1) is 18.4. The summed E-state index contributed by atoms with van der Waals surface area (Å²) in [5.41, 5.74) is 0.652. The molecule has 4 heterocycles. The molecule has 13 heteroatoms. The molecule has 0 spiro atoms. The van der Waals surface area contributed by atoms with Gasteiger partial charge in [0.15, 0.2) is 27.8 Å². The van der Waals surface area contributed by atoms with Gasteiger partial charge in [0.05, 0.1) is 45.0 Å². The van der Waals surface area contributed by atoms with E-state index in [0.717, 1.165) is 11.3 Å². The molecular formula is C25H19N3O9S. The van der Waals surface area contributed by atoms with Crippen LogP contribution in [0.2, 0.25) is 0 Å². The number of nitrogens with zero attached hydrogens (tertiary/aromatic N) is 3. The van der Waals surface area contributed by atoms with E-state index in [1.807, 2.05) is 0 Å². The third kappa shape index (κ3) is 3.78. The van der Waals surface area contributed by atoms with Crippen molar-refractivity contribution in [1.29, 1.82) is 0 Å². The summed E-state index contributed by atoms with van der Waals surface area (Å²) in [6.45, 7) is 3.52. The Hall–Kier alpha value is -4.65. The number of nitro groups is 1. The molecule has 0 bridgehead atoms. The Labute approximate surface area is 217 Å². The first kappa shape index (κ1) is 23.7. The maximum atomic E-state index is 13.8. The summed E-state index contributed by atoms with van der Waals surface area (Å²) in [6.07, 6.45) is 1.42. The number of hydrogen-bond donors (Lipinski definition) is 0. The van der Waals surface area contributed by atoms with Gasteiger partial charge in [-0.05, 0) is 43.7 Å². The van der Waals surface area contributed by atoms with Crippen LogP contribution in [-0.4, -0.2) is 35.7 Å². The van der Waals surface area contributed by atoms with E-state index in [1.54, 1.807) is 32.0 Å². The molecule has 1 aromatic heterocycles. The molecule has 38 heavy (non-hydrogen) atoms. The molecule has 0 saturated carbocycles. The zero-order valence-corrected chi connectivity index (χ0v) is 20.9. The van der Waals surface area contributed by atoms with Crippen molar-refractivity contribution in [2.75, 3.05) is 20.2 Å². The first-order valence-corrected chi connectivity index (χ1v) is 12.3. The van der Waals surface area contributed by atoms with Crippen molar-refractivity contribution in [3.05, 3.63) is 82.5 Å². The third-order valence-corrected chi connectivity index (χ3v) is 7.22. The number of benzene rings is 2. The Balaban J connectivity index is 1.56. The summed E-state index contributed by atoms with van der Waals surface area (Å²) < 4.78 is 28.4. The summed E-state index contributed by atoms with van der Waals surface area (Å²) in [7, 11) is 0. The van der Waals surface area contributed by atoms with Crippen LogP contribution in [0.15, 0.2) is 51.4 Å². The van der Waals surface area contributed by atoms with Crippen LogP contribution in [0.5, 0.6) is 23.0 Å². The van der Waals surface area contributed by atoms with Gasteiger partial charge in [0.25, 0.3) is 11.2 Å². The SMILES string of the molecule is CCOC(=O)C1=C(C)N=c2s/c(=C\c3cc4c(cc3[N+](=O)[O-])OCO4)c(=O)n2[C@H]1c1ccc2c(c1)OCO2. The van der Waals surface area contributed by atoms with Gasteiger partial charge >= 0.3 is 5.97 Å². The van der Waals surface area contributed by atoms with E-state index in [-0.39, 0.29) is 47.3 Å². The fraction of sp³-hybridized carbons (Fsp3) is 0.240. The van der Waals surface area contributed by atoms with Crippen molar-refractivity contribution < 1.29 is 33.4 Å². The standard InChI is InChI=1S/C25H19N3O9S/c1-3-33-24(30)21-12(2)26-25-27(22(21)13-4-5-16-17(6-13)35-10-34-16)23(29)20(38-25)8-14-7-18-19(37-11-36-18)9-15(14)28(31)32/h4-9,22H,3,10-11H2,1-2H3/b20-8-/t22-/m0/s1. The Morgan fingerprint density at radius 1 is 1.16 bits per heavy atom. The third-order valence-electron chi connectivity index (χ3n) is 6.23. The van der Waals surface area contributed by atoms with E-state index in [9.17, 15) is 19.7 Å². The fourth-order valence-electron chi connectivity index (χ4n) is 4.55. The lowest BCUT2D eigenvalue weighted by atomic mass is 9.95. The number of carbonyl (C=O) groups is 1. The highest BCUT2D eigenvalue weighted by Crippen LogP contribution is 2.39. The van der Waals surface area contributed by atoms with Crippen LogP contribution in [0.1, 0.15) is 31.0 Å². The number of thiazole rings is 1. The molecule has 0 amide bonds. The molecular weight excluding hydrogens is 518 g/mol. The van der Waals surface area contributed by atoms with Crippen molar-refractivity contribution in [2.45, 2.75) is 19.9 Å². The molecule has 3 aliphatic rings. The van der Waals surface area contributed by atoms with Crippen LogP contribution >= 0.6 is 11.3 Å². The van der Waals surface area contributed by atoms with Gasteiger partial charge in [0.1, 0.15) is 0 Å². The van der Waals surface area contributed by atoms with Crippen LogP contribution in [0.3, 0.4) is 0 Å². The summed E-state index contributed by atoms with van der Waals surface area (Å²) in [5, 5.41) is 11.8. The molecule has 3 aliphatic heterocycles. The van der Waals surface area contributed by atoms with E-state index in [2.05, 4.69) is 4.99 Å². The normalized spacial score (nSPS) is 17.3. The van der Waals surface area contributed by atoms with Gasteiger partial charge in [-0.15, -0.1) is 0 Å².